The summed E-state index contributed by atoms with van der Waals surface area (Å²) in [4.78, 5) is 14.2. The van der Waals surface area contributed by atoms with E-state index in [2.05, 4.69) is 4.98 Å². The molecule has 56 valence electrons. The van der Waals surface area contributed by atoms with E-state index in [1.807, 2.05) is 6.92 Å². The van der Waals surface area contributed by atoms with Gasteiger partial charge in [0.1, 0.15) is 7.85 Å². The Balaban J connectivity index is 3.07. The lowest BCUT2D eigenvalue weighted by atomic mass is 10.1. The molecule has 1 heterocycles. The van der Waals surface area contributed by atoms with E-state index < -0.39 is 5.97 Å². The van der Waals surface area contributed by atoms with Crippen molar-refractivity contribution >= 4 is 29.9 Å². The zero-order valence-corrected chi connectivity index (χ0v) is 6.81. The van der Waals surface area contributed by atoms with E-state index in [4.69, 9.17) is 13.0 Å². The topological polar surface area (TPSA) is 50.2 Å². The van der Waals surface area contributed by atoms with Crippen LogP contribution in [0.1, 0.15) is 22.4 Å². The van der Waals surface area contributed by atoms with Crippen LogP contribution in [0.4, 0.5) is 0 Å². The first-order chi connectivity index (χ1) is 5.15. The van der Waals surface area contributed by atoms with Crippen LogP contribution in [-0.4, -0.2) is 23.9 Å². The molecule has 0 aromatic carbocycles. The van der Waals surface area contributed by atoms with Gasteiger partial charge in [0.2, 0.25) is 0 Å². The van der Waals surface area contributed by atoms with Gasteiger partial charge >= 0.3 is 5.97 Å². The van der Waals surface area contributed by atoms with E-state index in [1.165, 1.54) is 11.3 Å². The second-order valence-electron chi connectivity index (χ2n) is 1.98. The summed E-state index contributed by atoms with van der Waals surface area (Å²) in [6.07, 6.45) is 0.724. The first-order valence-electron chi connectivity index (χ1n) is 3.13. The second-order valence-corrected chi connectivity index (χ2v) is 3.09. The maximum Gasteiger partial charge on any atom is 0.354 e. The zero-order chi connectivity index (χ0) is 8.43. The van der Waals surface area contributed by atoms with Gasteiger partial charge in [-0.3, -0.25) is 0 Å². The number of thiazole rings is 1. The standard InChI is InChI=1S/C6H6BNO2S/c1-2-3-8-4(6(9)10)5(7)11-3/h2H2,1H3,(H,9,10). The van der Waals surface area contributed by atoms with E-state index in [9.17, 15) is 4.79 Å². The van der Waals surface area contributed by atoms with Gasteiger partial charge in [0, 0.05) is 0 Å². The Morgan fingerprint density at radius 2 is 2.45 bits per heavy atom. The fourth-order valence-electron chi connectivity index (χ4n) is 0.682. The largest absolute Gasteiger partial charge is 0.477 e. The van der Waals surface area contributed by atoms with Crippen LogP contribution in [0, 0.1) is 0 Å². The molecular formula is C6H6BNO2S. The SMILES string of the molecule is [B]c1sc(CC)nc1C(=O)O. The Labute approximate surface area is 69.5 Å². The second kappa shape index (κ2) is 3.05. The monoisotopic (exact) mass is 167 g/mol. The molecule has 1 aromatic heterocycles. The first kappa shape index (κ1) is 8.26. The number of nitrogens with zero attached hydrogens (tertiary/aromatic N) is 1. The number of aryl methyl sites for hydroxylation is 1. The van der Waals surface area contributed by atoms with Crippen molar-refractivity contribution in [3.05, 3.63) is 10.7 Å². The molecule has 0 spiro atoms. The average molecular weight is 167 g/mol. The number of hydrogen-bond donors (Lipinski definition) is 1. The molecule has 0 bridgehead atoms. The predicted octanol–water partition coefficient (Wildman–Crippen LogP) is 0.197. The van der Waals surface area contributed by atoms with Crippen LogP contribution in [0.15, 0.2) is 0 Å². The van der Waals surface area contributed by atoms with Gasteiger partial charge in [-0.2, -0.15) is 0 Å². The normalized spacial score (nSPS) is 9.91. The van der Waals surface area contributed by atoms with Gasteiger partial charge in [-0.15, -0.1) is 11.3 Å². The lowest BCUT2D eigenvalue weighted by Crippen LogP contribution is -2.10. The van der Waals surface area contributed by atoms with Gasteiger partial charge in [-0.25, -0.2) is 9.78 Å². The molecule has 0 fully saturated rings. The first-order valence-corrected chi connectivity index (χ1v) is 3.95. The number of hydrogen-bond acceptors (Lipinski definition) is 3. The maximum absolute atomic E-state index is 10.4. The van der Waals surface area contributed by atoms with Gasteiger partial charge in [0.05, 0.1) is 5.01 Å². The molecule has 0 unspecified atom stereocenters. The van der Waals surface area contributed by atoms with E-state index in [-0.39, 0.29) is 10.5 Å². The number of aromatic nitrogens is 1. The molecule has 0 aliphatic carbocycles. The maximum atomic E-state index is 10.4. The highest BCUT2D eigenvalue weighted by atomic mass is 32.1. The molecule has 11 heavy (non-hydrogen) atoms. The minimum atomic E-state index is -1.06. The Morgan fingerprint density at radius 1 is 1.82 bits per heavy atom. The molecule has 0 aliphatic heterocycles. The third-order valence-corrected chi connectivity index (χ3v) is 2.23. The van der Waals surface area contributed by atoms with E-state index in [0.29, 0.717) is 0 Å². The van der Waals surface area contributed by atoms with E-state index >= 15 is 0 Å². The number of carboxylic acid groups (broad SMARTS) is 1. The van der Waals surface area contributed by atoms with Crippen LogP contribution < -0.4 is 4.78 Å². The quantitative estimate of drug-likeness (QED) is 0.640. The Hall–Kier alpha value is -0.835. The smallest absolute Gasteiger partial charge is 0.354 e. The molecule has 0 saturated carbocycles. The van der Waals surface area contributed by atoms with Crippen molar-refractivity contribution in [2.24, 2.45) is 0 Å². The highest BCUT2D eigenvalue weighted by Gasteiger charge is 2.11. The Morgan fingerprint density at radius 3 is 2.73 bits per heavy atom. The van der Waals surface area contributed by atoms with Crippen LogP contribution in [0.25, 0.3) is 0 Å². The molecule has 2 radical (unpaired) electrons. The minimum Gasteiger partial charge on any atom is -0.477 e. The number of carbonyl (C=O) groups is 1. The molecule has 1 N–H and O–H groups in total. The van der Waals surface area contributed by atoms with Crippen molar-refractivity contribution in [1.29, 1.82) is 0 Å². The molecule has 1 rings (SSSR count). The number of rotatable bonds is 2. The molecule has 0 atom stereocenters. The van der Waals surface area contributed by atoms with Gasteiger partial charge < -0.3 is 5.11 Å². The molecule has 0 amide bonds. The van der Waals surface area contributed by atoms with Crippen LogP contribution >= 0.6 is 11.3 Å². The summed E-state index contributed by atoms with van der Waals surface area (Å²) in [6, 6.07) is 0. The fraction of sp³-hybridized carbons (Fsp3) is 0.333. The number of aromatic carboxylic acids is 1. The molecule has 0 aliphatic rings. The number of carboxylic acids is 1. The lowest BCUT2D eigenvalue weighted by molar-refractivity contribution is 0.0692. The third kappa shape index (κ3) is 1.60. The van der Waals surface area contributed by atoms with Crippen molar-refractivity contribution in [2.45, 2.75) is 13.3 Å². The van der Waals surface area contributed by atoms with Gasteiger partial charge in [-0.05, 0) is 11.2 Å². The van der Waals surface area contributed by atoms with E-state index in [1.54, 1.807) is 0 Å². The zero-order valence-electron chi connectivity index (χ0n) is 6.00. The van der Waals surface area contributed by atoms with Crippen LogP contribution in [0.5, 0.6) is 0 Å². The summed E-state index contributed by atoms with van der Waals surface area (Å²) in [5.41, 5.74) is -0.0214. The minimum absolute atomic E-state index is 0.0214. The Kier molecular flexibility index (Phi) is 2.29. The van der Waals surface area contributed by atoms with Crippen molar-refractivity contribution < 1.29 is 9.90 Å². The average Bonchev–Trinajstić information content (AvgIpc) is 2.30. The summed E-state index contributed by atoms with van der Waals surface area (Å²) < 4.78 is 0.286. The summed E-state index contributed by atoms with van der Waals surface area (Å²) in [5, 5.41) is 9.30. The highest BCUT2D eigenvalue weighted by molar-refractivity contribution is 7.20. The molecule has 3 nitrogen and oxygen atoms in total. The van der Waals surface area contributed by atoms with Gasteiger partial charge in [-0.1, -0.05) is 6.92 Å². The fourth-order valence-corrected chi connectivity index (χ4v) is 1.45. The highest BCUT2D eigenvalue weighted by Crippen LogP contribution is 2.05. The molecular weight excluding hydrogens is 161 g/mol. The summed E-state index contributed by atoms with van der Waals surface area (Å²) in [7, 11) is 5.39. The molecule has 5 heteroatoms. The molecule has 0 saturated heterocycles. The molecule has 1 aromatic rings. The Bertz CT molecular complexity index is 284. The predicted molar refractivity (Wildman–Crippen MR) is 43.8 cm³/mol. The lowest BCUT2D eigenvalue weighted by Gasteiger charge is -1.85. The van der Waals surface area contributed by atoms with Crippen molar-refractivity contribution in [1.82, 2.24) is 4.98 Å². The van der Waals surface area contributed by atoms with Crippen LogP contribution in [-0.2, 0) is 6.42 Å². The van der Waals surface area contributed by atoms with Crippen molar-refractivity contribution in [3.63, 3.8) is 0 Å². The van der Waals surface area contributed by atoms with E-state index in [0.717, 1.165) is 11.4 Å². The van der Waals surface area contributed by atoms with Crippen LogP contribution in [0.2, 0.25) is 0 Å². The third-order valence-electron chi connectivity index (χ3n) is 1.20. The summed E-state index contributed by atoms with van der Waals surface area (Å²) >= 11 is 1.23. The van der Waals surface area contributed by atoms with Crippen molar-refractivity contribution in [2.75, 3.05) is 0 Å². The van der Waals surface area contributed by atoms with Gasteiger partial charge in [0.25, 0.3) is 0 Å². The summed E-state index contributed by atoms with van der Waals surface area (Å²) in [5.74, 6) is -1.06. The van der Waals surface area contributed by atoms with Gasteiger partial charge in [0.15, 0.2) is 5.69 Å². The van der Waals surface area contributed by atoms with Crippen LogP contribution in [0.3, 0.4) is 0 Å². The van der Waals surface area contributed by atoms with Crippen molar-refractivity contribution in [3.8, 4) is 0 Å². The summed E-state index contributed by atoms with van der Waals surface area (Å²) in [6.45, 7) is 1.91.